The second-order valence-corrected chi connectivity index (χ2v) is 5.81. The first-order valence-corrected chi connectivity index (χ1v) is 5.98. The van der Waals surface area contributed by atoms with E-state index in [1.54, 1.807) is 4.72 Å². The van der Waals surface area contributed by atoms with Crippen LogP contribution in [0.5, 0.6) is 0 Å². The van der Waals surface area contributed by atoms with Gasteiger partial charge in [-0.1, -0.05) is 32.1 Å². The Morgan fingerprint density at radius 1 is 1.33 bits per heavy atom. The van der Waals surface area contributed by atoms with Gasteiger partial charge in [0.25, 0.3) is 0 Å². The standard InChI is InChI=1S/C6H11N3O3S2.Na/c1-6(2,3)4-7-8-5(13-4)9-14(10,11)12;/h1-3H3,(H,8,9)(H,10,11,12);/q;+1/p-1. The Kier molecular flexibility index (Phi) is 5.16. The second kappa shape index (κ2) is 5.07. The largest absolute Gasteiger partial charge is 1.00 e. The smallest absolute Gasteiger partial charge is 0.731 e. The van der Waals surface area contributed by atoms with Crippen LogP contribution in [0.4, 0.5) is 5.13 Å². The monoisotopic (exact) mass is 259 g/mol. The van der Waals surface area contributed by atoms with Gasteiger partial charge in [-0.2, -0.15) is 0 Å². The van der Waals surface area contributed by atoms with E-state index in [0.717, 1.165) is 11.3 Å². The normalized spacial score (nSPS) is 12.0. The summed E-state index contributed by atoms with van der Waals surface area (Å²) >= 11 is 1.05. The van der Waals surface area contributed by atoms with Gasteiger partial charge in [0.1, 0.15) is 5.01 Å². The molecule has 1 aromatic rings. The number of nitrogens with zero attached hydrogens (tertiary/aromatic N) is 2. The molecule has 0 bridgehead atoms. The molecule has 80 valence electrons. The van der Waals surface area contributed by atoms with Crippen LogP contribution in [0.25, 0.3) is 0 Å². The van der Waals surface area contributed by atoms with Crippen LogP contribution >= 0.6 is 11.3 Å². The summed E-state index contributed by atoms with van der Waals surface area (Å²) < 4.78 is 32.7. The Labute approximate surface area is 115 Å². The van der Waals surface area contributed by atoms with E-state index in [1.807, 2.05) is 20.8 Å². The van der Waals surface area contributed by atoms with Gasteiger partial charge < -0.3 is 4.55 Å². The van der Waals surface area contributed by atoms with Crippen molar-refractivity contribution in [3.05, 3.63) is 5.01 Å². The molecule has 1 aromatic heterocycles. The summed E-state index contributed by atoms with van der Waals surface area (Å²) in [7, 11) is -4.50. The molecule has 0 atom stereocenters. The fourth-order valence-corrected chi connectivity index (χ4v) is 2.05. The van der Waals surface area contributed by atoms with E-state index in [4.69, 9.17) is 0 Å². The molecular formula is C6H10N3NaO3S2. The van der Waals surface area contributed by atoms with Gasteiger partial charge in [0.05, 0.1) is 0 Å². The zero-order chi connectivity index (χ0) is 11.0. The maximum Gasteiger partial charge on any atom is 1.00 e. The van der Waals surface area contributed by atoms with E-state index in [9.17, 15) is 13.0 Å². The third-order valence-corrected chi connectivity index (χ3v) is 3.12. The molecule has 9 heteroatoms. The maximum absolute atomic E-state index is 10.3. The molecule has 0 radical (unpaired) electrons. The van der Waals surface area contributed by atoms with Crippen LogP contribution in [-0.2, 0) is 15.7 Å². The molecule has 0 saturated heterocycles. The average molecular weight is 259 g/mol. The first-order valence-electron chi connectivity index (χ1n) is 3.76. The molecule has 0 saturated carbocycles. The van der Waals surface area contributed by atoms with Gasteiger partial charge in [0, 0.05) is 5.41 Å². The van der Waals surface area contributed by atoms with Crippen molar-refractivity contribution in [3.8, 4) is 0 Å². The summed E-state index contributed by atoms with van der Waals surface area (Å²) in [6.45, 7) is 5.76. The fourth-order valence-electron chi connectivity index (χ4n) is 0.674. The van der Waals surface area contributed by atoms with E-state index >= 15 is 0 Å². The minimum absolute atomic E-state index is 0. The molecule has 1 rings (SSSR count). The summed E-state index contributed by atoms with van der Waals surface area (Å²) in [5, 5.41) is 8.00. The van der Waals surface area contributed by atoms with Crippen LogP contribution in [0.3, 0.4) is 0 Å². The fraction of sp³-hybridized carbons (Fsp3) is 0.667. The summed E-state index contributed by atoms with van der Waals surface area (Å²) in [5.41, 5.74) is -0.204. The van der Waals surface area contributed by atoms with Crippen LogP contribution in [0.15, 0.2) is 0 Å². The first-order chi connectivity index (χ1) is 6.18. The molecule has 1 N–H and O–H groups in total. The molecule has 6 nitrogen and oxygen atoms in total. The molecule has 0 unspecified atom stereocenters. The zero-order valence-electron chi connectivity index (χ0n) is 8.94. The van der Waals surface area contributed by atoms with Crippen LogP contribution < -0.4 is 34.3 Å². The number of hydrogen-bond acceptors (Lipinski definition) is 6. The van der Waals surface area contributed by atoms with Gasteiger partial charge in [0.15, 0.2) is 10.3 Å². The SMILES string of the molecule is CC(C)(C)c1nnc(NS(=O)(=O)[O-])s1.[Na+]. The summed E-state index contributed by atoms with van der Waals surface area (Å²) in [6.07, 6.45) is 0. The molecule has 0 spiro atoms. The van der Waals surface area contributed by atoms with Crippen LogP contribution in [0.2, 0.25) is 0 Å². The third-order valence-electron chi connectivity index (χ3n) is 1.28. The van der Waals surface area contributed by atoms with Gasteiger partial charge >= 0.3 is 29.6 Å². The van der Waals surface area contributed by atoms with Crippen molar-refractivity contribution < 1.29 is 42.5 Å². The maximum atomic E-state index is 10.3. The number of aromatic nitrogens is 2. The Balaban J connectivity index is 0.00000196. The Hall–Kier alpha value is 0.270. The number of nitrogens with one attached hydrogen (secondary N) is 1. The minimum Gasteiger partial charge on any atom is -0.731 e. The second-order valence-electron chi connectivity index (χ2n) is 3.72. The van der Waals surface area contributed by atoms with Crippen molar-refractivity contribution in [2.75, 3.05) is 4.72 Å². The molecule has 0 amide bonds. The van der Waals surface area contributed by atoms with Gasteiger partial charge in [-0.25, -0.2) is 8.42 Å². The van der Waals surface area contributed by atoms with E-state index in [2.05, 4.69) is 10.2 Å². The third kappa shape index (κ3) is 5.23. The van der Waals surface area contributed by atoms with E-state index in [0.29, 0.717) is 5.01 Å². The molecule has 0 aliphatic carbocycles. The molecule has 15 heavy (non-hydrogen) atoms. The van der Waals surface area contributed by atoms with E-state index < -0.39 is 10.3 Å². The van der Waals surface area contributed by atoms with Crippen molar-refractivity contribution in [3.63, 3.8) is 0 Å². The van der Waals surface area contributed by atoms with Gasteiger partial charge in [-0.05, 0) is 0 Å². The Morgan fingerprint density at radius 3 is 2.20 bits per heavy atom. The molecule has 0 aliphatic rings. The zero-order valence-corrected chi connectivity index (χ0v) is 12.6. The predicted octanol–water partition coefficient (Wildman–Crippen LogP) is -2.29. The minimum atomic E-state index is -4.50. The van der Waals surface area contributed by atoms with Gasteiger partial charge in [0.2, 0.25) is 5.13 Å². The van der Waals surface area contributed by atoms with Gasteiger partial charge in [-0.15, -0.1) is 10.2 Å². The number of anilines is 1. The number of rotatable bonds is 2. The van der Waals surface area contributed by atoms with Crippen molar-refractivity contribution in [2.24, 2.45) is 0 Å². The predicted molar refractivity (Wildman–Crippen MR) is 51.9 cm³/mol. The summed E-state index contributed by atoms with van der Waals surface area (Å²) in [6, 6.07) is 0. The topological polar surface area (TPSA) is 95.0 Å². The molecule has 0 fully saturated rings. The van der Waals surface area contributed by atoms with E-state index in [1.165, 1.54) is 0 Å². The van der Waals surface area contributed by atoms with Crippen molar-refractivity contribution in [1.29, 1.82) is 0 Å². The Morgan fingerprint density at radius 2 is 1.87 bits per heavy atom. The molecular weight excluding hydrogens is 249 g/mol. The number of hydrogen-bond donors (Lipinski definition) is 1. The van der Waals surface area contributed by atoms with Crippen LogP contribution in [0, 0.1) is 0 Å². The molecule has 1 heterocycles. The Bertz CT molecular complexity index is 423. The van der Waals surface area contributed by atoms with Crippen molar-refractivity contribution in [2.45, 2.75) is 26.2 Å². The molecule has 0 aromatic carbocycles. The van der Waals surface area contributed by atoms with Crippen LogP contribution in [0.1, 0.15) is 25.8 Å². The molecule has 0 aliphatic heterocycles. The average Bonchev–Trinajstić information content (AvgIpc) is 2.29. The van der Waals surface area contributed by atoms with Crippen LogP contribution in [-0.4, -0.2) is 23.2 Å². The van der Waals surface area contributed by atoms with Crippen molar-refractivity contribution >= 4 is 26.8 Å². The van der Waals surface area contributed by atoms with Gasteiger partial charge in [-0.3, -0.25) is 4.72 Å². The summed E-state index contributed by atoms with van der Waals surface area (Å²) in [4.78, 5) is 0. The van der Waals surface area contributed by atoms with Crippen molar-refractivity contribution in [1.82, 2.24) is 10.2 Å². The summed E-state index contributed by atoms with van der Waals surface area (Å²) in [5.74, 6) is 0. The quantitative estimate of drug-likeness (QED) is 0.476. The first kappa shape index (κ1) is 15.3. The van der Waals surface area contributed by atoms with E-state index in [-0.39, 0.29) is 40.1 Å².